The van der Waals surface area contributed by atoms with Gasteiger partial charge in [0.25, 0.3) is 0 Å². The second-order valence-electron chi connectivity index (χ2n) is 4.97. The molecule has 2 fully saturated rings. The molecule has 5 nitrogen and oxygen atoms in total. The van der Waals surface area contributed by atoms with Gasteiger partial charge in [0.1, 0.15) is 0 Å². The molecule has 0 aliphatic carbocycles. The topological polar surface area (TPSA) is 50.8 Å². The molecule has 0 spiro atoms. The molecule has 0 aromatic rings. The molecule has 2 rings (SSSR count). The minimum Gasteiger partial charge on any atom is -0.376 e. The predicted molar refractivity (Wildman–Crippen MR) is 75.7 cm³/mol. The van der Waals surface area contributed by atoms with Crippen LogP contribution in [0.25, 0.3) is 0 Å². The number of nitrogens with zero attached hydrogens (tertiary/aromatic N) is 1. The number of carbonyl (C=O) groups excluding carboxylic acids is 1. The van der Waals surface area contributed by atoms with Gasteiger partial charge in [-0.25, -0.2) is 0 Å². The second kappa shape index (κ2) is 8.74. The molecule has 2 atom stereocenters. The van der Waals surface area contributed by atoms with Crippen molar-refractivity contribution in [3.8, 4) is 0 Å². The van der Waals surface area contributed by atoms with Crippen molar-refractivity contribution in [2.24, 2.45) is 0 Å². The first-order valence-corrected chi connectivity index (χ1v) is 7.01. The number of carbonyl (C=O) groups is 1. The average molecular weight is 293 g/mol. The van der Waals surface area contributed by atoms with E-state index in [2.05, 4.69) is 5.32 Å². The highest BCUT2D eigenvalue weighted by molar-refractivity contribution is 5.85. The highest BCUT2D eigenvalue weighted by atomic mass is 35.5. The summed E-state index contributed by atoms with van der Waals surface area (Å²) in [5, 5.41) is 3.25. The van der Waals surface area contributed by atoms with Crippen molar-refractivity contribution in [3.05, 3.63) is 0 Å². The van der Waals surface area contributed by atoms with Crippen LogP contribution in [0.5, 0.6) is 0 Å². The fraction of sp³-hybridized carbons (Fsp3) is 0.923. The number of rotatable bonds is 5. The van der Waals surface area contributed by atoms with Crippen LogP contribution >= 0.6 is 12.4 Å². The lowest BCUT2D eigenvalue weighted by Crippen LogP contribution is -2.44. The van der Waals surface area contributed by atoms with E-state index in [4.69, 9.17) is 9.47 Å². The first kappa shape index (κ1) is 16.7. The Bertz CT molecular complexity index is 267. The monoisotopic (exact) mass is 292 g/mol. The van der Waals surface area contributed by atoms with Crippen LogP contribution in [0.4, 0.5) is 0 Å². The summed E-state index contributed by atoms with van der Waals surface area (Å²) in [6, 6.07) is 0. The van der Waals surface area contributed by atoms with Gasteiger partial charge in [0.15, 0.2) is 0 Å². The van der Waals surface area contributed by atoms with E-state index in [1.54, 1.807) is 0 Å². The lowest BCUT2D eigenvalue weighted by atomic mass is 10.2. The van der Waals surface area contributed by atoms with Crippen molar-refractivity contribution in [1.29, 1.82) is 0 Å². The van der Waals surface area contributed by atoms with Gasteiger partial charge < -0.3 is 19.7 Å². The summed E-state index contributed by atoms with van der Waals surface area (Å²) in [4.78, 5) is 14.1. The van der Waals surface area contributed by atoms with Crippen LogP contribution in [0.2, 0.25) is 0 Å². The zero-order valence-corrected chi connectivity index (χ0v) is 12.4. The number of amides is 1. The number of hydrogen-bond donors (Lipinski definition) is 1. The number of ether oxygens (including phenoxy) is 2. The van der Waals surface area contributed by atoms with Gasteiger partial charge in [0, 0.05) is 32.8 Å². The maximum absolute atomic E-state index is 12.2. The van der Waals surface area contributed by atoms with Gasteiger partial charge in [0.05, 0.1) is 25.2 Å². The molecule has 0 aromatic carbocycles. The van der Waals surface area contributed by atoms with Crippen LogP contribution in [-0.2, 0) is 14.3 Å². The summed E-state index contributed by atoms with van der Waals surface area (Å²) >= 11 is 0. The number of morpholine rings is 1. The Kier molecular flexibility index (Phi) is 7.68. The van der Waals surface area contributed by atoms with Crippen LogP contribution in [0.15, 0.2) is 0 Å². The van der Waals surface area contributed by atoms with Crippen molar-refractivity contribution in [2.45, 2.75) is 38.4 Å². The molecule has 19 heavy (non-hydrogen) atoms. The van der Waals surface area contributed by atoms with Crippen LogP contribution in [-0.4, -0.2) is 62.4 Å². The Morgan fingerprint density at radius 3 is 2.68 bits per heavy atom. The fourth-order valence-electron chi connectivity index (χ4n) is 2.52. The van der Waals surface area contributed by atoms with Crippen molar-refractivity contribution in [1.82, 2.24) is 10.2 Å². The summed E-state index contributed by atoms with van der Waals surface area (Å²) in [6.07, 6.45) is 2.94. The summed E-state index contributed by atoms with van der Waals surface area (Å²) in [7, 11) is 0. The Hall–Kier alpha value is -0.360. The Balaban J connectivity index is 0.00000180. The van der Waals surface area contributed by atoms with Gasteiger partial charge in [-0.3, -0.25) is 4.79 Å². The molecule has 6 heteroatoms. The van der Waals surface area contributed by atoms with Gasteiger partial charge >= 0.3 is 0 Å². The molecule has 2 unspecified atom stereocenters. The van der Waals surface area contributed by atoms with E-state index in [-0.39, 0.29) is 30.5 Å². The number of hydrogen-bond acceptors (Lipinski definition) is 4. The van der Waals surface area contributed by atoms with Gasteiger partial charge in [-0.2, -0.15) is 0 Å². The third kappa shape index (κ3) is 5.26. The molecule has 112 valence electrons. The molecule has 2 aliphatic heterocycles. The van der Waals surface area contributed by atoms with Crippen LogP contribution in [0, 0.1) is 0 Å². The molecular weight excluding hydrogens is 268 g/mol. The van der Waals surface area contributed by atoms with Gasteiger partial charge in [0.2, 0.25) is 5.91 Å². The Morgan fingerprint density at radius 2 is 2.11 bits per heavy atom. The Morgan fingerprint density at radius 1 is 1.32 bits per heavy atom. The highest BCUT2D eigenvalue weighted by Crippen LogP contribution is 2.14. The van der Waals surface area contributed by atoms with Crippen LogP contribution < -0.4 is 5.32 Å². The van der Waals surface area contributed by atoms with Gasteiger partial charge in [-0.15, -0.1) is 12.4 Å². The van der Waals surface area contributed by atoms with Crippen LogP contribution in [0.3, 0.4) is 0 Å². The number of halogens is 1. The zero-order chi connectivity index (χ0) is 12.8. The van der Waals surface area contributed by atoms with Gasteiger partial charge in [-0.05, 0) is 19.8 Å². The largest absolute Gasteiger partial charge is 0.376 e. The molecule has 2 heterocycles. The van der Waals surface area contributed by atoms with Crippen LogP contribution in [0.1, 0.15) is 26.2 Å². The number of likely N-dealkylation sites (N-methyl/N-ethyl adjacent to an activating group) is 1. The third-order valence-electron chi connectivity index (χ3n) is 3.59. The minimum absolute atomic E-state index is 0. The van der Waals surface area contributed by atoms with E-state index in [1.165, 1.54) is 0 Å². The summed E-state index contributed by atoms with van der Waals surface area (Å²) in [5.74, 6) is 0.182. The van der Waals surface area contributed by atoms with E-state index in [0.717, 1.165) is 45.6 Å². The molecule has 0 bridgehead atoms. The molecule has 0 radical (unpaired) electrons. The average Bonchev–Trinajstić information content (AvgIpc) is 2.90. The quantitative estimate of drug-likeness (QED) is 0.815. The maximum atomic E-state index is 12.2. The first-order chi connectivity index (χ1) is 8.79. The van der Waals surface area contributed by atoms with Crippen molar-refractivity contribution >= 4 is 18.3 Å². The van der Waals surface area contributed by atoms with Gasteiger partial charge in [-0.1, -0.05) is 0 Å². The number of nitrogens with one attached hydrogen (secondary N) is 1. The second-order valence-corrected chi connectivity index (χ2v) is 4.97. The van der Waals surface area contributed by atoms with Crippen molar-refractivity contribution in [3.63, 3.8) is 0 Å². The zero-order valence-electron chi connectivity index (χ0n) is 11.6. The first-order valence-electron chi connectivity index (χ1n) is 7.01. The smallest absolute Gasteiger partial charge is 0.225 e. The maximum Gasteiger partial charge on any atom is 0.225 e. The van der Waals surface area contributed by atoms with E-state index in [1.807, 2.05) is 11.8 Å². The third-order valence-corrected chi connectivity index (χ3v) is 3.59. The van der Waals surface area contributed by atoms with Crippen molar-refractivity contribution < 1.29 is 14.3 Å². The minimum atomic E-state index is 0. The summed E-state index contributed by atoms with van der Waals surface area (Å²) in [6.45, 7) is 6.71. The normalized spacial score (nSPS) is 26.8. The lowest BCUT2D eigenvalue weighted by Gasteiger charge is -2.28. The molecular formula is C13H25ClN2O3. The fourth-order valence-corrected chi connectivity index (χ4v) is 2.52. The summed E-state index contributed by atoms with van der Waals surface area (Å²) in [5.41, 5.74) is 0. The standard InChI is InChI=1S/C13H24N2O3.ClH/c1-2-15(10-11-4-3-6-17-11)13(16)8-12-9-14-5-7-18-12;/h11-12,14H,2-10H2,1H3;1H. The lowest BCUT2D eigenvalue weighted by molar-refractivity contribution is -0.136. The van der Waals surface area contributed by atoms with E-state index in [0.29, 0.717) is 13.0 Å². The van der Waals surface area contributed by atoms with E-state index >= 15 is 0 Å². The molecule has 0 aromatic heterocycles. The van der Waals surface area contributed by atoms with E-state index in [9.17, 15) is 4.79 Å². The SMILES string of the molecule is CCN(CC1CCCO1)C(=O)CC1CNCCO1.Cl. The summed E-state index contributed by atoms with van der Waals surface area (Å²) < 4.78 is 11.2. The molecule has 0 saturated carbocycles. The molecule has 2 aliphatic rings. The van der Waals surface area contributed by atoms with E-state index < -0.39 is 0 Å². The predicted octanol–water partition coefficient (Wildman–Crippen LogP) is 0.814. The van der Waals surface area contributed by atoms with Crippen molar-refractivity contribution in [2.75, 3.05) is 39.4 Å². The molecule has 2 saturated heterocycles. The molecule has 1 N–H and O–H groups in total. The Labute approximate surface area is 121 Å². The molecule has 1 amide bonds. The highest BCUT2D eigenvalue weighted by Gasteiger charge is 2.24.